The highest BCUT2D eigenvalue weighted by Crippen LogP contribution is 1.94. The number of rotatable bonds is 8. The van der Waals surface area contributed by atoms with E-state index in [4.69, 9.17) is 5.11 Å². The van der Waals surface area contributed by atoms with E-state index in [9.17, 15) is 9.59 Å². The fourth-order valence-electron chi connectivity index (χ4n) is 1.29. The third-order valence-corrected chi connectivity index (χ3v) is 2.18. The standard InChI is InChI=1S/C10H16N4O3/c15-9(4-7-14-8-6-12-13-14)11-5-2-1-3-10(16)17/h6,8H,1-5,7H2,(H,11,15)(H,16,17). The van der Waals surface area contributed by atoms with Crippen LogP contribution in [-0.4, -0.2) is 38.5 Å². The van der Waals surface area contributed by atoms with E-state index in [1.54, 1.807) is 17.1 Å². The number of nitrogens with zero attached hydrogens (tertiary/aromatic N) is 3. The second-order valence-corrected chi connectivity index (χ2v) is 3.62. The van der Waals surface area contributed by atoms with Gasteiger partial charge in [-0.05, 0) is 12.8 Å². The van der Waals surface area contributed by atoms with Gasteiger partial charge >= 0.3 is 5.97 Å². The summed E-state index contributed by atoms with van der Waals surface area (Å²) < 4.78 is 1.59. The second-order valence-electron chi connectivity index (χ2n) is 3.62. The molecule has 0 bridgehead atoms. The Morgan fingerprint density at radius 2 is 2.12 bits per heavy atom. The van der Waals surface area contributed by atoms with Gasteiger partial charge in [0.2, 0.25) is 5.91 Å². The van der Waals surface area contributed by atoms with E-state index in [1.165, 1.54) is 0 Å². The molecule has 1 amide bonds. The van der Waals surface area contributed by atoms with Crippen molar-refractivity contribution in [3.8, 4) is 0 Å². The molecule has 7 heteroatoms. The summed E-state index contributed by atoms with van der Waals surface area (Å²) in [7, 11) is 0. The lowest BCUT2D eigenvalue weighted by Gasteiger charge is -2.04. The second kappa shape index (κ2) is 7.37. The zero-order valence-electron chi connectivity index (χ0n) is 9.50. The molecule has 1 rings (SSSR count). The summed E-state index contributed by atoms with van der Waals surface area (Å²) in [6, 6.07) is 0. The highest BCUT2D eigenvalue weighted by molar-refractivity contribution is 5.75. The van der Waals surface area contributed by atoms with E-state index in [0.29, 0.717) is 32.4 Å². The number of carboxylic acid groups (broad SMARTS) is 1. The monoisotopic (exact) mass is 240 g/mol. The molecule has 0 unspecified atom stereocenters. The molecule has 0 saturated carbocycles. The Morgan fingerprint density at radius 3 is 2.76 bits per heavy atom. The van der Waals surface area contributed by atoms with Crippen LogP contribution in [-0.2, 0) is 16.1 Å². The Labute approximate surface area is 98.8 Å². The van der Waals surface area contributed by atoms with E-state index in [0.717, 1.165) is 0 Å². The Kier molecular flexibility index (Phi) is 5.70. The van der Waals surface area contributed by atoms with Crippen LogP contribution in [0.4, 0.5) is 0 Å². The number of hydrogen-bond acceptors (Lipinski definition) is 4. The highest BCUT2D eigenvalue weighted by Gasteiger charge is 2.02. The summed E-state index contributed by atoms with van der Waals surface area (Å²) >= 11 is 0. The molecule has 17 heavy (non-hydrogen) atoms. The van der Waals surface area contributed by atoms with E-state index < -0.39 is 5.97 Å². The quantitative estimate of drug-likeness (QED) is 0.625. The van der Waals surface area contributed by atoms with Crippen molar-refractivity contribution in [3.05, 3.63) is 12.4 Å². The topological polar surface area (TPSA) is 97.1 Å². The predicted molar refractivity (Wildman–Crippen MR) is 59.1 cm³/mol. The fraction of sp³-hybridized carbons (Fsp3) is 0.600. The molecule has 0 aromatic carbocycles. The Hall–Kier alpha value is -1.92. The van der Waals surface area contributed by atoms with Gasteiger partial charge in [-0.2, -0.15) is 0 Å². The van der Waals surface area contributed by atoms with Crippen LogP contribution in [0.2, 0.25) is 0 Å². The summed E-state index contributed by atoms with van der Waals surface area (Å²) in [5.74, 6) is -0.863. The number of aromatic nitrogens is 3. The molecule has 0 aliphatic rings. The maximum Gasteiger partial charge on any atom is 0.303 e. The van der Waals surface area contributed by atoms with Crippen molar-refractivity contribution in [2.45, 2.75) is 32.2 Å². The van der Waals surface area contributed by atoms with Crippen LogP contribution in [0.5, 0.6) is 0 Å². The highest BCUT2D eigenvalue weighted by atomic mass is 16.4. The maximum absolute atomic E-state index is 11.3. The summed E-state index contributed by atoms with van der Waals surface area (Å²) in [6.45, 7) is 1.02. The third kappa shape index (κ3) is 6.29. The first-order chi connectivity index (χ1) is 8.18. The molecule has 94 valence electrons. The number of aryl methyl sites for hydroxylation is 1. The first kappa shape index (κ1) is 13.1. The lowest BCUT2D eigenvalue weighted by Crippen LogP contribution is -2.25. The molecule has 7 nitrogen and oxygen atoms in total. The molecule has 0 aliphatic carbocycles. The van der Waals surface area contributed by atoms with Gasteiger partial charge in [0.15, 0.2) is 0 Å². The SMILES string of the molecule is O=C(O)CCCCNC(=O)CCn1ccnn1. The average molecular weight is 240 g/mol. The minimum absolute atomic E-state index is 0.0594. The Balaban J connectivity index is 2.00. The van der Waals surface area contributed by atoms with Gasteiger partial charge in [-0.25, -0.2) is 0 Å². The van der Waals surface area contributed by atoms with Gasteiger partial charge < -0.3 is 10.4 Å². The molecule has 1 aromatic heterocycles. The first-order valence-corrected chi connectivity index (χ1v) is 5.51. The van der Waals surface area contributed by atoms with Crippen molar-refractivity contribution in [2.75, 3.05) is 6.54 Å². The van der Waals surface area contributed by atoms with Crippen molar-refractivity contribution < 1.29 is 14.7 Å². The van der Waals surface area contributed by atoms with Gasteiger partial charge in [-0.3, -0.25) is 14.3 Å². The summed E-state index contributed by atoms with van der Waals surface area (Å²) in [5.41, 5.74) is 0. The summed E-state index contributed by atoms with van der Waals surface area (Å²) in [5, 5.41) is 18.5. The molecule has 0 atom stereocenters. The van der Waals surface area contributed by atoms with Crippen LogP contribution in [0, 0.1) is 0 Å². The number of amides is 1. The van der Waals surface area contributed by atoms with Gasteiger partial charge in [-0.1, -0.05) is 5.21 Å². The molecule has 0 aliphatic heterocycles. The normalized spacial score (nSPS) is 10.1. The third-order valence-electron chi connectivity index (χ3n) is 2.18. The molecule has 2 N–H and O–H groups in total. The molecule has 1 aromatic rings. The zero-order chi connectivity index (χ0) is 12.5. The largest absolute Gasteiger partial charge is 0.481 e. The van der Waals surface area contributed by atoms with E-state index in [1.807, 2.05) is 0 Å². The zero-order valence-corrected chi connectivity index (χ0v) is 9.50. The number of unbranched alkanes of at least 4 members (excludes halogenated alkanes) is 1. The molecule has 0 fully saturated rings. The van der Waals surface area contributed by atoms with Crippen LogP contribution in [0.1, 0.15) is 25.7 Å². The number of nitrogens with one attached hydrogen (secondary N) is 1. The van der Waals surface area contributed by atoms with Crippen molar-refractivity contribution in [1.29, 1.82) is 0 Å². The van der Waals surface area contributed by atoms with E-state index in [-0.39, 0.29) is 12.3 Å². The van der Waals surface area contributed by atoms with Crippen molar-refractivity contribution in [2.24, 2.45) is 0 Å². The molecule has 0 spiro atoms. The average Bonchev–Trinajstić information content (AvgIpc) is 2.78. The number of aliphatic carboxylic acids is 1. The summed E-state index contributed by atoms with van der Waals surface area (Å²) in [6.07, 6.45) is 5.01. The number of carboxylic acids is 1. The molecule has 0 saturated heterocycles. The van der Waals surface area contributed by atoms with E-state index in [2.05, 4.69) is 15.6 Å². The van der Waals surface area contributed by atoms with Crippen molar-refractivity contribution in [3.63, 3.8) is 0 Å². The van der Waals surface area contributed by atoms with Gasteiger partial charge in [0.05, 0.1) is 12.7 Å². The van der Waals surface area contributed by atoms with E-state index >= 15 is 0 Å². The Morgan fingerprint density at radius 1 is 1.29 bits per heavy atom. The fourth-order valence-corrected chi connectivity index (χ4v) is 1.29. The molecule has 0 radical (unpaired) electrons. The number of carbonyl (C=O) groups is 2. The van der Waals surface area contributed by atoms with Gasteiger partial charge in [-0.15, -0.1) is 5.10 Å². The number of hydrogen-bond donors (Lipinski definition) is 2. The Bertz CT molecular complexity index is 350. The minimum Gasteiger partial charge on any atom is -0.481 e. The van der Waals surface area contributed by atoms with Crippen LogP contribution < -0.4 is 5.32 Å². The molecular weight excluding hydrogens is 224 g/mol. The molecule has 1 heterocycles. The van der Waals surface area contributed by atoms with Crippen LogP contribution in [0.15, 0.2) is 12.4 Å². The minimum atomic E-state index is -0.803. The van der Waals surface area contributed by atoms with Gasteiger partial charge in [0.25, 0.3) is 0 Å². The lowest BCUT2D eigenvalue weighted by atomic mass is 10.2. The predicted octanol–water partition coefficient (Wildman–Crippen LogP) is 0.0393. The first-order valence-electron chi connectivity index (χ1n) is 5.51. The molecular formula is C10H16N4O3. The number of carbonyl (C=O) groups excluding carboxylic acids is 1. The lowest BCUT2D eigenvalue weighted by molar-refractivity contribution is -0.137. The van der Waals surface area contributed by atoms with Crippen LogP contribution in [0.25, 0.3) is 0 Å². The summed E-state index contributed by atoms with van der Waals surface area (Å²) in [4.78, 5) is 21.6. The van der Waals surface area contributed by atoms with Crippen molar-refractivity contribution >= 4 is 11.9 Å². The van der Waals surface area contributed by atoms with Gasteiger partial charge in [0, 0.05) is 25.6 Å². The van der Waals surface area contributed by atoms with Gasteiger partial charge in [0.1, 0.15) is 0 Å². The van der Waals surface area contributed by atoms with Crippen molar-refractivity contribution in [1.82, 2.24) is 20.3 Å². The van der Waals surface area contributed by atoms with Crippen LogP contribution in [0.3, 0.4) is 0 Å². The van der Waals surface area contributed by atoms with Crippen LogP contribution >= 0.6 is 0 Å². The smallest absolute Gasteiger partial charge is 0.303 e. The maximum atomic E-state index is 11.3.